The van der Waals surface area contributed by atoms with Crippen molar-refractivity contribution < 1.29 is 33.8 Å². The van der Waals surface area contributed by atoms with E-state index in [2.05, 4.69) is 20.7 Å². The maximum absolute atomic E-state index is 12.9. The van der Waals surface area contributed by atoms with Crippen molar-refractivity contribution >= 4 is 23.9 Å². The molecule has 11 heteroatoms. The molecular formula is C21H40N4O7. The molecule has 0 spiro atoms. The average molecular weight is 461 g/mol. The van der Waals surface area contributed by atoms with Gasteiger partial charge in [-0.15, -0.1) is 0 Å². The van der Waals surface area contributed by atoms with Gasteiger partial charge < -0.3 is 36.3 Å². The number of unbranched alkanes of at least 4 members (excludes halogenated alkanes) is 1. The summed E-state index contributed by atoms with van der Waals surface area (Å²) in [6, 6.07) is -3.18. The molecule has 0 aliphatic rings. The SMILES string of the molecule is COC(=O)[C@H](CO)NC(=O)[C@H](CCCCN)NC(=O)[C@H](CC(C)C)NC(=O)OC(C)(C)C. The van der Waals surface area contributed by atoms with Crippen molar-refractivity contribution in [1.82, 2.24) is 16.0 Å². The summed E-state index contributed by atoms with van der Waals surface area (Å²) in [7, 11) is 1.14. The Morgan fingerprint density at radius 1 is 0.938 bits per heavy atom. The summed E-state index contributed by atoms with van der Waals surface area (Å²) in [5.74, 6) is -1.95. The van der Waals surface area contributed by atoms with Crippen LogP contribution in [-0.2, 0) is 23.9 Å². The van der Waals surface area contributed by atoms with Crippen LogP contribution < -0.4 is 21.7 Å². The van der Waals surface area contributed by atoms with Crippen LogP contribution in [-0.4, -0.2) is 73.0 Å². The number of esters is 1. The number of carbonyl (C=O) groups excluding carboxylic acids is 4. The van der Waals surface area contributed by atoms with Crippen molar-refractivity contribution in [3.63, 3.8) is 0 Å². The molecule has 0 aromatic rings. The first-order chi connectivity index (χ1) is 14.8. The van der Waals surface area contributed by atoms with Crippen LogP contribution in [0.4, 0.5) is 4.79 Å². The van der Waals surface area contributed by atoms with Crippen LogP contribution in [0.2, 0.25) is 0 Å². The standard InChI is InChI=1S/C21H40N4O7/c1-13(2)11-15(25-20(30)32-21(3,4)5)18(28)23-14(9-7-8-10-22)17(27)24-16(12-26)19(29)31-6/h13-16,26H,7-12,22H2,1-6H3,(H,23,28)(H,24,27)(H,25,30)/t14-,15-,16-/m0/s1. The first-order valence-electron chi connectivity index (χ1n) is 10.8. The zero-order valence-corrected chi connectivity index (χ0v) is 20.0. The molecule has 0 fully saturated rings. The van der Waals surface area contributed by atoms with E-state index in [9.17, 15) is 24.3 Å². The summed E-state index contributed by atoms with van der Waals surface area (Å²) in [6.07, 6.45) is 1.02. The number of alkyl carbamates (subject to hydrolysis) is 1. The summed E-state index contributed by atoms with van der Waals surface area (Å²) in [4.78, 5) is 49.6. The third kappa shape index (κ3) is 12.5. The molecule has 32 heavy (non-hydrogen) atoms. The largest absolute Gasteiger partial charge is 0.467 e. The molecule has 0 saturated carbocycles. The molecule has 0 unspecified atom stereocenters. The zero-order chi connectivity index (χ0) is 24.9. The van der Waals surface area contributed by atoms with E-state index in [1.165, 1.54) is 0 Å². The van der Waals surface area contributed by atoms with E-state index >= 15 is 0 Å². The maximum Gasteiger partial charge on any atom is 0.408 e. The van der Waals surface area contributed by atoms with Gasteiger partial charge in [0.15, 0.2) is 6.04 Å². The number of aliphatic hydroxyl groups excluding tert-OH is 1. The van der Waals surface area contributed by atoms with Gasteiger partial charge in [-0.3, -0.25) is 9.59 Å². The highest BCUT2D eigenvalue weighted by Gasteiger charge is 2.30. The molecular weight excluding hydrogens is 420 g/mol. The van der Waals surface area contributed by atoms with Gasteiger partial charge in [-0.05, 0) is 58.9 Å². The Balaban J connectivity index is 5.42. The van der Waals surface area contributed by atoms with Gasteiger partial charge in [-0.1, -0.05) is 13.8 Å². The van der Waals surface area contributed by atoms with E-state index in [-0.39, 0.29) is 12.3 Å². The summed E-state index contributed by atoms with van der Waals surface area (Å²) < 4.78 is 9.79. The fraction of sp³-hybridized carbons (Fsp3) is 0.810. The Hall–Kier alpha value is -2.40. The number of carbonyl (C=O) groups is 4. The molecule has 0 heterocycles. The van der Waals surface area contributed by atoms with Crippen LogP contribution in [0.1, 0.15) is 60.3 Å². The Bertz CT molecular complexity index is 620. The minimum atomic E-state index is -1.26. The summed E-state index contributed by atoms with van der Waals surface area (Å²) in [5.41, 5.74) is 4.78. The lowest BCUT2D eigenvalue weighted by atomic mass is 10.0. The Morgan fingerprint density at radius 2 is 1.50 bits per heavy atom. The second kappa shape index (κ2) is 14.6. The average Bonchev–Trinajstić information content (AvgIpc) is 2.68. The van der Waals surface area contributed by atoms with E-state index in [1.807, 2.05) is 13.8 Å². The van der Waals surface area contributed by atoms with Gasteiger partial charge >= 0.3 is 12.1 Å². The maximum atomic E-state index is 12.9. The molecule has 3 atom stereocenters. The minimum Gasteiger partial charge on any atom is -0.467 e. The van der Waals surface area contributed by atoms with Crippen LogP contribution in [0.15, 0.2) is 0 Å². The van der Waals surface area contributed by atoms with Gasteiger partial charge in [0.25, 0.3) is 0 Å². The fourth-order valence-corrected chi connectivity index (χ4v) is 2.78. The lowest BCUT2D eigenvalue weighted by Crippen LogP contribution is -2.56. The predicted octanol–water partition coefficient (Wildman–Crippen LogP) is 0.190. The van der Waals surface area contributed by atoms with Crippen LogP contribution in [0.5, 0.6) is 0 Å². The molecule has 0 aliphatic heterocycles. The fourth-order valence-electron chi connectivity index (χ4n) is 2.78. The Labute approximate surface area is 190 Å². The molecule has 186 valence electrons. The van der Waals surface area contributed by atoms with E-state index in [4.69, 9.17) is 10.5 Å². The van der Waals surface area contributed by atoms with Crippen LogP contribution in [0.25, 0.3) is 0 Å². The van der Waals surface area contributed by atoms with Crippen molar-refractivity contribution in [1.29, 1.82) is 0 Å². The zero-order valence-electron chi connectivity index (χ0n) is 20.0. The monoisotopic (exact) mass is 460 g/mol. The minimum absolute atomic E-state index is 0.0725. The van der Waals surface area contributed by atoms with Crippen molar-refractivity contribution in [2.45, 2.75) is 84.0 Å². The van der Waals surface area contributed by atoms with E-state index in [0.717, 1.165) is 7.11 Å². The molecule has 0 rings (SSSR count). The number of rotatable bonds is 13. The first-order valence-corrected chi connectivity index (χ1v) is 10.8. The lowest BCUT2D eigenvalue weighted by molar-refractivity contribution is -0.146. The van der Waals surface area contributed by atoms with Crippen molar-refractivity contribution in [3.05, 3.63) is 0 Å². The normalized spacial score (nSPS) is 14.2. The van der Waals surface area contributed by atoms with Gasteiger partial charge in [0.1, 0.15) is 17.7 Å². The van der Waals surface area contributed by atoms with Gasteiger partial charge in [0.2, 0.25) is 11.8 Å². The highest BCUT2D eigenvalue weighted by molar-refractivity contribution is 5.93. The molecule has 11 nitrogen and oxygen atoms in total. The number of methoxy groups -OCH3 is 1. The molecule has 3 amide bonds. The number of aliphatic hydroxyl groups is 1. The van der Waals surface area contributed by atoms with Gasteiger partial charge in [-0.2, -0.15) is 0 Å². The molecule has 0 aliphatic carbocycles. The number of hydrogen-bond acceptors (Lipinski definition) is 8. The molecule has 0 bridgehead atoms. The summed E-state index contributed by atoms with van der Waals surface area (Å²) >= 11 is 0. The van der Waals surface area contributed by atoms with Crippen molar-refractivity contribution in [3.8, 4) is 0 Å². The molecule has 0 radical (unpaired) electrons. The van der Waals surface area contributed by atoms with E-state index in [1.54, 1.807) is 20.8 Å². The lowest BCUT2D eigenvalue weighted by Gasteiger charge is -2.26. The van der Waals surface area contributed by atoms with Gasteiger partial charge in [0, 0.05) is 0 Å². The highest BCUT2D eigenvalue weighted by atomic mass is 16.6. The third-order valence-electron chi connectivity index (χ3n) is 4.28. The topological polar surface area (TPSA) is 169 Å². The van der Waals surface area contributed by atoms with Crippen LogP contribution in [0, 0.1) is 5.92 Å². The first kappa shape index (κ1) is 29.6. The smallest absolute Gasteiger partial charge is 0.408 e. The predicted molar refractivity (Wildman–Crippen MR) is 118 cm³/mol. The van der Waals surface area contributed by atoms with E-state index < -0.39 is 54.2 Å². The number of nitrogens with two attached hydrogens (primary N) is 1. The molecule has 6 N–H and O–H groups in total. The third-order valence-corrected chi connectivity index (χ3v) is 4.28. The molecule has 0 aromatic heterocycles. The van der Waals surface area contributed by atoms with Crippen LogP contribution in [0.3, 0.4) is 0 Å². The Kier molecular flexibility index (Phi) is 13.5. The number of amides is 3. The number of ether oxygens (including phenoxy) is 2. The second-order valence-corrected chi connectivity index (χ2v) is 8.94. The van der Waals surface area contributed by atoms with Gasteiger partial charge in [-0.25, -0.2) is 9.59 Å². The second-order valence-electron chi connectivity index (χ2n) is 8.94. The molecule has 0 aromatic carbocycles. The number of nitrogens with one attached hydrogen (secondary N) is 3. The van der Waals surface area contributed by atoms with E-state index in [0.29, 0.717) is 25.8 Å². The molecule has 0 saturated heterocycles. The van der Waals surface area contributed by atoms with Crippen molar-refractivity contribution in [2.24, 2.45) is 11.7 Å². The Morgan fingerprint density at radius 3 is 1.97 bits per heavy atom. The van der Waals surface area contributed by atoms with Gasteiger partial charge in [0.05, 0.1) is 13.7 Å². The summed E-state index contributed by atoms with van der Waals surface area (Å²) in [5, 5.41) is 16.9. The van der Waals surface area contributed by atoms with Crippen molar-refractivity contribution in [2.75, 3.05) is 20.3 Å². The quantitative estimate of drug-likeness (QED) is 0.192. The van der Waals surface area contributed by atoms with Crippen LogP contribution >= 0.6 is 0 Å². The highest BCUT2D eigenvalue weighted by Crippen LogP contribution is 2.11. The summed E-state index contributed by atoms with van der Waals surface area (Å²) in [6.45, 7) is 8.68. The number of hydrogen-bond donors (Lipinski definition) is 5.